The van der Waals surface area contributed by atoms with Crippen LogP contribution in [0.3, 0.4) is 0 Å². The molecule has 5 rings (SSSR count). The number of hydrogen-bond donors (Lipinski definition) is 2. The summed E-state index contributed by atoms with van der Waals surface area (Å²) in [5, 5.41) is 9.51. The van der Waals surface area contributed by atoms with Crippen molar-refractivity contribution in [3.8, 4) is 17.0 Å². The van der Waals surface area contributed by atoms with Crippen molar-refractivity contribution in [2.75, 3.05) is 12.4 Å². The van der Waals surface area contributed by atoms with Crippen LogP contribution in [0.25, 0.3) is 11.3 Å². The minimum Gasteiger partial charge on any atom is -0.496 e. The van der Waals surface area contributed by atoms with Crippen molar-refractivity contribution in [1.29, 1.82) is 0 Å². The molecule has 0 radical (unpaired) electrons. The Balaban J connectivity index is 1.42. The number of aromatic nitrogens is 2. The monoisotopic (exact) mass is 472 g/mol. The topological polar surface area (TPSA) is 104 Å². The largest absolute Gasteiger partial charge is 0.496 e. The van der Waals surface area contributed by atoms with Crippen LogP contribution in [0.5, 0.6) is 5.75 Å². The summed E-state index contributed by atoms with van der Waals surface area (Å²) in [4.78, 5) is 40.4. The van der Waals surface area contributed by atoms with Crippen molar-refractivity contribution in [3.05, 3.63) is 76.6 Å². The Bertz CT molecular complexity index is 1280. The lowest BCUT2D eigenvalue weighted by atomic mass is 9.84. The van der Waals surface area contributed by atoms with Crippen LogP contribution in [0.2, 0.25) is 0 Å². The molecule has 1 aliphatic heterocycles. The number of carbonyl (C=O) groups excluding carboxylic acids is 2. The van der Waals surface area contributed by atoms with E-state index in [2.05, 4.69) is 15.5 Å². The van der Waals surface area contributed by atoms with Gasteiger partial charge in [0.25, 0.3) is 11.5 Å². The maximum absolute atomic E-state index is 13.7. The number of amides is 2. The molecule has 180 valence electrons. The summed E-state index contributed by atoms with van der Waals surface area (Å²) < 4.78 is 5.44. The zero-order chi connectivity index (χ0) is 24.4. The summed E-state index contributed by atoms with van der Waals surface area (Å²) in [6, 6.07) is 17.0. The van der Waals surface area contributed by atoms with Crippen LogP contribution in [0.4, 0.5) is 5.69 Å². The van der Waals surface area contributed by atoms with Gasteiger partial charge in [-0.05, 0) is 55.5 Å². The predicted molar refractivity (Wildman–Crippen MR) is 132 cm³/mol. The summed E-state index contributed by atoms with van der Waals surface area (Å²) in [7, 11) is 1.55. The van der Waals surface area contributed by atoms with Gasteiger partial charge in [-0.2, -0.15) is 5.10 Å². The lowest BCUT2D eigenvalue weighted by Crippen LogP contribution is -2.48. The van der Waals surface area contributed by atoms with Gasteiger partial charge in [0, 0.05) is 23.4 Å². The Morgan fingerprint density at radius 2 is 1.89 bits per heavy atom. The van der Waals surface area contributed by atoms with Gasteiger partial charge < -0.3 is 15.0 Å². The maximum atomic E-state index is 13.7. The number of para-hydroxylation sites is 1. The number of hydrogen-bond acceptors (Lipinski definition) is 5. The quantitative estimate of drug-likeness (QED) is 0.587. The van der Waals surface area contributed by atoms with Gasteiger partial charge in [0.2, 0.25) is 5.91 Å². The molecule has 2 fully saturated rings. The van der Waals surface area contributed by atoms with Crippen molar-refractivity contribution in [2.24, 2.45) is 5.92 Å². The first-order valence-electron chi connectivity index (χ1n) is 12.0. The summed E-state index contributed by atoms with van der Waals surface area (Å²) in [5.41, 5.74) is 2.17. The summed E-state index contributed by atoms with van der Waals surface area (Å²) in [5.74, 6) is 0.462. The highest BCUT2D eigenvalue weighted by Gasteiger charge is 2.48. The van der Waals surface area contributed by atoms with Gasteiger partial charge in [-0.3, -0.25) is 14.4 Å². The number of anilines is 1. The fourth-order valence-electron chi connectivity index (χ4n) is 5.43. The highest BCUT2D eigenvalue weighted by molar-refractivity contribution is 6.03. The molecule has 3 atom stereocenters. The summed E-state index contributed by atoms with van der Waals surface area (Å²) in [6.07, 6.45) is 4.76. The molecule has 2 amide bonds. The molecule has 2 aliphatic rings. The highest BCUT2D eigenvalue weighted by atomic mass is 16.5. The van der Waals surface area contributed by atoms with Gasteiger partial charge >= 0.3 is 0 Å². The minimum atomic E-state index is -0.560. The number of benzene rings is 2. The number of nitrogens with zero attached hydrogens (tertiary/aromatic N) is 2. The molecule has 1 saturated heterocycles. The van der Waals surface area contributed by atoms with Crippen LogP contribution in [0, 0.1) is 5.92 Å². The van der Waals surface area contributed by atoms with Crippen molar-refractivity contribution < 1.29 is 14.3 Å². The Hall–Kier alpha value is -3.94. The van der Waals surface area contributed by atoms with Gasteiger partial charge in [-0.15, -0.1) is 0 Å². The summed E-state index contributed by atoms with van der Waals surface area (Å²) in [6.45, 7) is 0. The SMILES string of the molecule is COc1ccccc1C(=O)N1C(C(=O)Nc2cccc(-c3ccc(=O)[nH]n3)c2)CC2CCCCC21. The fourth-order valence-corrected chi connectivity index (χ4v) is 5.43. The Kier molecular flexibility index (Phi) is 6.35. The number of H-pyrrole nitrogens is 1. The van der Waals surface area contributed by atoms with E-state index >= 15 is 0 Å². The second-order valence-corrected chi connectivity index (χ2v) is 9.15. The van der Waals surface area contributed by atoms with Crippen molar-refractivity contribution in [3.63, 3.8) is 0 Å². The fraction of sp³-hybridized carbons (Fsp3) is 0.333. The molecule has 1 aromatic heterocycles. The van der Waals surface area contributed by atoms with Crippen molar-refractivity contribution in [1.82, 2.24) is 15.1 Å². The minimum absolute atomic E-state index is 0.0496. The number of ether oxygens (including phenoxy) is 1. The maximum Gasteiger partial charge on any atom is 0.264 e. The zero-order valence-electron chi connectivity index (χ0n) is 19.6. The zero-order valence-corrected chi connectivity index (χ0v) is 19.6. The van der Waals surface area contributed by atoms with Gasteiger partial charge in [0.05, 0.1) is 18.4 Å². The number of methoxy groups -OCH3 is 1. The van der Waals surface area contributed by atoms with E-state index in [-0.39, 0.29) is 23.4 Å². The third-order valence-corrected chi connectivity index (χ3v) is 7.07. The summed E-state index contributed by atoms with van der Waals surface area (Å²) >= 11 is 0. The first-order chi connectivity index (χ1) is 17.0. The Morgan fingerprint density at radius 1 is 1.06 bits per heavy atom. The third kappa shape index (κ3) is 4.56. The molecule has 35 heavy (non-hydrogen) atoms. The van der Waals surface area contributed by atoms with Crippen LogP contribution in [0.15, 0.2) is 65.5 Å². The molecular weight excluding hydrogens is 444 g/mol. The first-order valence-corrected chi connectivity index (χ1v) is 12.0. The van der Waals surface area contributed by atoms with E-state index in [4.69, 9.17) is 4.74 Å². The van der Waals surface area contributed by atoms with Crippen LogP contribution < -0.4 is 15.6 Å². The van der Waals surface area contributed by atoms with E-state index in [0.717, 1.165) is 31.2 Å². The normalized spacial score (nSPS) is 21.3. The second kappa shape index (κ2) is 9.74. The van der Waals surface area contributed by atoms with E-state index in [1.54, 1.807) is 30.2 Å². The van der Waals surface area contributed by atoms with E-state index in [9.17, 15) is 14.4 Å². The average molecular weight is 473 g/mol. The van der Waals surface area contributed by atoms with Crippen LogP contribution >= 0.6 is 0 Å². The Morgan fingerprint density at radius 3 is 2.69 bits per heavy atom. The number of fused-ring (bicyclic) bond motifs is 1. The lowest BCUT2D eigenvalue weighted by molar-refractivity contribution is -0.120. The molecule has 1 aliphatic carbocycles. The number of likely N-dealkylation sites (tertiary alicyclic amines) is 1. The molecule has 0 bridgehead atoms. The molecular formula is C27H28N4O4. The molecule has 3 aromatic rings. The first kappa shape index (κ1) is 22.8. The molecule has 1 saturated carbocycles. The third-order valence-electron chi connectivity index (χ3n) is 7.07. The Labute approximate surface area is 203 Å². The number of nitrogens with one attached hydrogen (secondary N) is 2. The van der Waals surface area contributed by atoms with Crippen LogP contribution in [0.1, 0.15) is 42.5 Å². The molecule has 8 nitrogen and oxygen atoms in total. The average Bonchev–Trinajstić information content (AvgIpc) is 3.29. The molecule has 2 N–H and O–H groups in total. The standard InChI is InChI=1S/C27H28N4O4/c1-35-24-12-5-3-10-20(24)27(34)31-22-11-4-2-7-18(22)16-23(31)26(33)28-19-9-6-8-17(15-19)21-13-14-25(32)30-29-21/h3,5-6,8-10,12-15,18,22-23H,2,4,7,11,16H2,1H3,(H,28,33)(H,30,32). The highest BCUT2D eigenvalue weighted by Crippen LogP contribution is 2.41. The predicted octanol–water partition coefficient (Wildman–Crippen LogP) is 3.86. The number of carbonyl (C=O) groups is 2. The molecule has 2 aromatic carbocycles. The number of rotatable bonds is 5. The van der Waals surface area contributed by atoms with Crippen LogP contribution in [-0.4, -0.2) is 46.1 Å². The van der Waals surface area contributed by atoms with E-state index in [1.165, 1.54) is 6.07 Å². The van der Waals surface area contributed by atoms with E-state index in [0.29, 0.717) is 35.0 Å². The second-order valence-electron chi connectivity index (χ2n) is 9.15. The van der Waals surface area contributed by atoms with Gasteiger partial charge in [0.1, 0.15) is 11.8 Å². The van der Waals surface area contributed by atoms with E-state index < -0.39 is 6.04 Å². The molecule has 0 spiro atoms. The van der Waals surface area contributed by atoms with Gasteiger partial charge in [-0.1, -0.05) is 37.1 Å². The number of aromatic amines is 1. The van der Waals surface area contributed by atoms with Crippen molar-refractivity contribution >= 4 is 17.5 Å². The molecule has 3 unspecified atom stereocenters. The lowest BCUT2D eigenvalue weighted by Gasteiger charge is -2.34. The van der Waals surface area contributed by atoms with Gasteiger partial charge in [0.15, 0.2) is 0 Å². The molecule has 8 heteroatoms. The molecule has 2 heterocycles. The van der Waals surface area contributed by atoms with Crippen molar-refractivity contribution in [2.45, 2.75) is 44.2 Å². The van der Waals surface area contributed by atoms with Crippen LogP contribution in [-0.2, 0) is 4.79 Å². The van der Waals surface area contributed by atoms with E-state index in [1.807, 2.05) is 36.4 Å². The smallest absolute Gasteiger partial charge is 0.264 e. The van der Waals surface area contributed by atoms with Gasteiger partial charge in [-0.25, -0.2) is 5.10 Å².